The first-order valence-corrected chi connectivity index (χ1v) is 8.57. The maximum Gasteiger partial charge on any atom is 0.238 e. The molecular weight excluding hydrogens is 322 g/mol. The highest BCUT2D eigenvalue weighted by atomic mass is 16.5. The number of likely N-dealkylation sites (tertiary alicyclic amines) is 1. The first-order valence-electron chi connectivity index (χ1n) is 8.57. The van der Waals surface area contributed by atoms with Crippen molar-refractivity contribution in [1.82, 2.24) is 30.6 Å². The van der Waals surface area contributed by atoms with Gasteiger partial charge in [-0.15, -0.1) is 0 Å². The maximum atomic E-state index is 12.2. The third-order valence-electron chi connectivity index (χ3n) is 4.38. The molecule has 1 atom stereocenters. The van der Waals surface area contributed by atoms with Crippen LogP contribution in [-0.4, -0.2) is 56.8 Å². The van der Waals surface area contributed by atoms with Gasteiger partial charge in [0.15, 0.2) is 5.82 Å². The van der Waals surface area contributed by atoms with Gasteiger partial charge in [0, 0.05) is 19.5 Å². The minimum atomic E-state index is -0.0569. The zero-order chi connectivity index (χ0) is 17.8. The predicted molar refractivity (Wildman–Crippen MR) is 92.0 cm³/mol. The lowest BCUT2D eigenvalue weighted by Crippen LogP contribution is -2.47. The number of aryl methyl sites for hydroxylation is 3. The fraction of sp³-hybridized carbons (Fsp3) is 0.625. The third kappa shape index (κ3) is 4.64. The molecule has 3 heterocycles. The molecule has 1 fully saturated rings. The number of aromatic nitrogens is 4. The minimum absolute atomic E-state index is 0.0569. The lowest BCUT2D eigenvalue weighted by molar-refractivity contribution is -0.115. The topological polar surface area (TPSA) is 112 Å². The van der Waals surface area contributed by atoms with Gasteiger partial charge < -0.3 is 15.2 Å². The Labute approximate surface area is 146 Å². The number of piperidine rings is 1. The maximum absolute atomic E-state index is 12.2. The Kier molecular flexibility index (Phi) is 5.44. The Balaban J connectivity index is 1.45. The Hall–Kier alpha value is -2.26. The highest BCUT2D eigenvalue weighted by molar-refractivity contribution is 5.93. The van der Waals surface area contributed by atoms with Crippen molar-refractivity contribution < 1.29 is 9.32 Å². The molecule has 0 aromatic carbocycles. The van der Waals surface area contributed by atoms with Crippen LogP contribution in [0.3, 0.4) is 0 Å². The molecule has 1 amide bonds. The smallest absolute Gasteiger partial charge is 0.238 e. The number of hydrogen-bond donors (Lipinski definition) is 3. The molecule has 136 valence electrons. The van der Waals surface area contributed by atoms with Gasteiger partial charge in [0.2, 0.25) is 11.8 Å². The van der Waals surface area contributed by atoms with Gasteiger partial charge in [-0.2, -0.15) is 10.1 Å². The molecule has 2 aromatic rings. The van der Waals surface area contributed by atoms with Crippen molar-refractivity contribution in [3.8, 4) is 0 Å². The van der Waals surface area contributed by atoms with E-state index in [1.54, 1.807) is 6.92 Å². The normalized spacial score (nSPS) is 18.4. The molecule has 9 heteroatoms. The molecule has 2 aromatic heterocycles. The summed E-state index contributed by atoms with van der Waals surface area (Å²) in [6.07, 6.45) is 2.13. The number of H-pyrrole nitrogens is 1. The van der Waals surface area contributed by atoms with E-state index in [1.165, 1.54) is 0 Å². The van der Waals surface area contributed by atoms with Gasteiger partial charge in [-0.1, -0.05) is 5.16 Å². The third-order valence-corrected chi connectivity index (χ3v) is 4.38. The molecule has 3 N–H and O–H groups in total. The SMILES string of the molecule is Cc1nc(CN2CCC[C@@H](NCC(=O)Nc3c(C)n[nH]c3C)C2)no1. The molecule has 0 radical (unpaired) electrons. The number of hydrogen-bond acceptors (Lipinski definition) is 7. The van der Waals surface area contributed by atoms with Gasteiger partial charge in [0.1, 0.15) is 0 Å². The first kappa shape index (κ1) is 17.6. The van der Waals surface area contributed by atoms with Crippen LogP contribution in [-0.2, 0) is 11.3 Å². The molecule has 9 nitrogen and oxygen atoms in total. The second-order valence-corrected chi connectivity index (χ2v) is 6.54. The minimum Gasteiger partial charge on any atom is -0.340 e. The monoisotopic (exact) mass is 347 g/mol. The van der Waals surface area contributed by atoms with Crippen LogP contribution < -0.4 is 10.6 Å². The number of carbonyl (C=O) groups is 1. The highest BCUT2D eigenvalue weighted by Gasteiger charge is 2.22. The summed E-state index contributed by atoms with van der Waals surface area (Å²) in [7, 11) is 0. The lowest BCUT2D eigenvalue weighted by atomic mass is 10.1. The number of rotatable bonds is 6. The van der Waals surface area contributed by atoms with E-state index in [4.69, 9.17) is 4.52 Å². The molecule has 0 bridgehead atoms. The van der Waals surface area contributed by atoms with Crippen molar-refractivity contribution in [2.45, 2.75) is 46.2 Å². The summed E-state index contributed by atoms with van der Waals surface area (Å²) in [6, 6.07) is 0.277. The number of nitrogens with zero attached hydrogens (tertiary/aromatic N) is 4. The van der Waals surface area contributed by atoms with Crippen LogP contribution in [0.1, 0.15) is 35.9 Å². The van der Waals surface area contributed by atoms with Gasteiger partial charge in [-0.3, -0.25) is 14.8 Å². The number of aromatic amines is 1. The van der Waals surface area contributed by atoms with Gasteiger partial charge in [-0.05, 0) is 33.2 Å². The largest absolute Gasteiger partial charge is 0.340 e. The fourth-order valence-corrected chi connectivity index (χ4v) is 3.13. The summed E-state index contributed by atoms with van der Waals surface area (Å²) >= 11 is 0. The van der Waals surface area contributed by atoms with E-state index in [2.05, 4.69) is 35.9 Å². The molecule has 0 aliphatic carbocycles. The first-order chi connectivity index (χ1) is 12.0. The zero-order valence-electron chi connectivity index (χ0n) is 14.9. The molecule has 0 saturated carbocycles. The summed E-state index contributed by atoms with van der Waals surface area (Å²) in [4.78, 5) is 18.7. The Morgan fingerprint density at radius 2 is 2.24 bits per heavy atom. The number of anilines is 1. The molecule has 0 spiro atoms. The summed E-state index contributed by atoms with van der Waals surface area (Å²) in [5.74, 6) is 1.24. The number of amides is 1. The van der Waals surface area contributed by atoms with E-state index in [9.17, 15) is 4.79 Å². The van der Waals surface area contributed by atoms with Gasteiger partial charge in [-0.25, -0.2) is 0 Å². The van der Waals surface area contributed by atoms with Crippen molar-refractivity contribution in [3.05, 3.63) is 23.1 Å². The van der Waals surface area contributed by atoms with E-state index in [-0.39, 0.29) is 18.5 Å². The summed E-state index contributed by atoms with van der Waals surface area (Å²) in [5.41, 5.74) is 2.43. The number of carbonyl (C=O) groups excluding carboxylic acids is 1. The molecule has 25 heavy (non-hydrogen) atoms. The van der Waals surface area contributed by atoms with Crippen LogP contribution in [0, 0.1) is 20.8 Å². The molecule has 1 aliphatic heterocycles. The molecule has 3 rings (SSSR count). The van der Waals surface area contributed by atoms with Crippen LogP contribution in [0.25, 0.3) is 0 Å². The molecule has 1 saturated heterocycles. The average Bonchev–Trinajstić information content (AvgIpc) is 3.13. The van der Waals surface area contributed by atoms with Crippen LogP contribution in [0.4, 0.5) is 5.69 Å². The standard InChI is InChI=1S/C16H25N7O2/c1-10-16(11(2)21-20-10)19-15(24)7-17-13-5-4-6-23(8-13)9-14-18-12(3)25-22-14/h13,17H,4-9H2,1-3H3,(H,19,24)(H,20,21)/t13-/m1/s1. The van der Waals surface area contributed by atoms with E-state index >= 15 is 0 Å². The lowest BCUT2D eigenvalue weighted by Gasteiger charge is -2.32. The average molecular weight is 347 g/mol. The van der Waals surface area contributed by atoms with Crippen molar-refractivity contribution in [3.63, 3.8) is 0 Å². The quantitative estimate of drug-likeness (QED) is 0.712. The Bertz CT molecular complexity index is 704. The molecular formula is C16H25N7O2. The van der Waals surface area contributed by atoms with Crippen molar-refractivity contribution >= 4 is 11.6 Å². The van der Waals surface area contributed by atoms with Crippen molar-refractivity contribution in [2.24, 2.45) is 0 Å². The second kappa shape index (κ2) is 7.75. The molecule has 1 aliphatic rings. The van der Waals surface area contributed by atoms with Crippen LogP contribution >= 0.6 is 0 Å². The number of nitrogens with one attached hydrogen (secondary N) is 3. The van der Waals surface area contributed by atoms with Gasteiger partial charge >= 0.3 is 0 Å². The highest BCUT2D eigenvalue weighted by Crippen LogP contribution is 2.16. The second-order valence-electron chi connectivity index (χ2n) is 6.54. The van der Waals surface area contributed by atoms with E-state index in [0.717, 1.165) is 43.0 Å². The van der Waals surface area contributed by atoms with Crippen molar-refractivity contribution in [2.75, 3.05) is 25.0 Å². The van der Waals surface area contributed by atoms with Gasteiger partial charge in [0.05, 0.1) is 30.2 Å². The van der Waals surface area contributed by atoms with Crippen LogP contribution in [0.15, 0.2) is 4.52 Å². The van der Waals surface area contributed by atoms with E-state index in [0.29, 0.717) is 18.3 Å². The zero-order valence-corrected chi connectivity index (χ0v) is 14.9. The summed E-state index contributed by atoms with van der Waals surface area (Å²) in [6.45, 7) is 8.38. The summed E-state index contributed by atoms with van der Waals surface area (Å²) < 4.78 is 5.02. The Morgan fingerprint density at radius 3 is 2.92 bits per heavy atom. The van der Waals surface area contributed by atoms with Crippen LogP contribution in [0.5, 0.6) is 0 Å². The van der Waals surface area contributed by atoms with Crippen LogP contribution in [0.2, 0.25) is 0 Å². The van der Waals surface area contributed by atoms with Gasteiger partial charge in [0.25, 0.3) is 0 Å². The summed E-state index contributed by atoms with van der Waals surface area (Å²) in [5, 5.41) is 17.2. The molecule has 0 unspecified atom stereocenters. The predicted octanol–water partition coefficient (Wildman–Crippen LogP) is 0.911. The van der Waals surface area contributed by atoms with Crippen molar-refractivity contribution in [1.29, 1.82) is 0 Å². The van der Waals surface area contributed by atoms with E-state index in [1.807, 2.05) is 13.8 Å². The Morgan fingerprint density at radius 1 is 1.40 bits per heavy atom. The fourth-order valence-electron chi connectivity index (χ4n) is 3.13. The van der Waals surface area contributed by atoms with E-state index < -0.39 is 0 Å².